The molecule has 1 rings (SSSR count). The Bertz CT molecular complexity index is 139. The fourth-order valence-electron chi connectivity index (χ4n) is 1.74. The molecule has 3 nitrogen and oxygen atoms in total. The molecule has 0 aliphatic carbocycles. The first-order valence-corrected chi connectivity index (χ1v) is 6.06. The number of nitrogens with two attached hydrogens (primary N) is 1. The molecule has 2 N–H and O–H groups in total. The molecule has 0 saturated carbocycles. The number of likely N-dealkylation sites (N-methyl/N-ethyl adjacent to an activating group) is 1. The van der Waals surface area contributed by atoms with Crippen molar-refractivity contribution < 1.29 is 0 Å². The summed E-state index contributed by atoms with van der Waals surface area (Å²) in [6.45, 7) is 4.21. The van der Waals surface area contributed by atoms with Crippen molar-refractivity contribution in [1.29, 1.82) is 0 Å². The summed E-state index contributed by atoms with van der Waals surface area (Å²) in [7, 11) is 4.28. The van der Waals surface area contributed by atoms with Crippen LogP contribution in [0.15, 0.2) is 0 Å². The molecule has 78 valence electrons. The maximum absolute atomic E-state index is 5.59. The van der Waals surface area contributed by atoms with Gasteiger partial charge in [-0.15, -0.1) is 0 Å². The second kappa shape index (κ2) is 5.86. The van der Waals surface area contributed by atoms with Crippen molar-refractivity contribution in [2.45, 2.75) is 6.04 Å². The maximum Gasteiger partial charge on any atom is 0.0314 e. The zero-order chi connectivity index (χ0) is 9.68. The normalized spacial score (nSPS) is 25.4. The standard InChI is InChI=1S/C9H21N3S/c1-11(2)7-9-8-13-6-5-12(9)4-3-10/h9H,3-8,10H2,1-2H3. The monoisotopic (exact) mass is 203 g/mol. The first kappa shape index (κ1) is 11.3. The van der Waals surface area contributed by atoms with Crippen LogP contribution in [-0.2, 0) is 0 Å². The second-order valence-electron chi connectivity index (χ2n) is 3.82. The number of nitrogens with zero attached hydrogens (tertiary/aromatic N) is 2. The van der Waals surface area contributed by atoms with E-state index in [0.717, 1.165) is 19.6 Å². The molecule has 1 heterocycles. The Morgan fingerprint density at radius 3 is 2.92 bits per heavy atom. The first-order chi connectivity index (χ1) is 6.24. The minimum Gasteiger partial charge on any atom is -0.329 e. The van der Waals surface area contributed by atoms with Gasteiger partial charge in [-0.25, -0.2) is 0 Å². The van der Waals surface area contributed by atoms with Crippen LogP contribution < -0.4 is 5.73 Å². The molecule has 13 heavy (non-hydrogen) atoms. The molecule has 0 aromatic rings. The molecule has 0 radical (unpaired) electrons. The summed E-state index contributed by atoms with van der Waals surface area (Å²) < 4.78 is 0. The highest BCUT2D eigenvalue weighted by atomic mass is 32.2. The van der Waals surface area contributed by atoms with Crippen molar-refractivity contribution in [3.63, 3.8) is 0 Å². The molecular formula is C9H21N3S. The van der Waals surface area contributed by atoms with Crippen LogP contribution in [0.25, 0.3) is 0 Å². The molecule has 0 bridgehead atoms. The predicted octanol–water partition coefficient (Wildman–Crippen LogP) is -0.0759. The van der Waals surface area contributed by atoms with Crippen molar-refractivity contribution >= 4 is 11.8 Å². The molecule has 4 heteroatoms. The summed E-state index contributed by atoms with van der Waals surface area (Å²) >= 11 is 2.07. The molecule has 1 aliphatic rings. The molecule has 1 atom stereocenters. The molecule has 0 amide bonds. The second-order valence-corrected chi connectivity index (χ2v) is 4.97. The highest BCUT2D eigenvalue weighted by Crippen LogP contribution is 2.16. The molecule has 0 aromatic heterocycles. The minimum atomic E-state index is 0.706. The van der Waals surface area contributed by atoms with Crippen LogP contribution in [0, 0.1) is 0 Å². The average Bonchev–Trinajstić information content (AvgIpc) is 2.08. The number of hydrogen-bond donors (Lipinski definition) is 1. The highest BCUT2D eigenvalue weighted by molar-refractivity contribution is 7.99. The number of thioether (sulfide) groups is 1. The van der Waals surface area contributed by atoms with Gasteiger partial charge in [0, 0.05) is 43.7 Å². The van der Waals surface area contributed by atoms with E-state index in [1.165, 1.54) is 18.1 Å². The summed E-state index contributed by atoms with van der Waals surface area (Å²) in [6.07, 6.45) is 0. The summed E-state index contributed by atoms with van der Waals surface area (Å²) in [5.74, 6) is 2.53. The van der Waals surface area contributed by atoms with E-state index in [1.54, 1.807) is 0 Å². The van der Waals surface area contributed by atoms with E-state index in [4.69, 9.17) is 5.73 Å². The molecule has 1 saturated heterocycles. The number of rotatable bonds is 4. The smallest absolute Gasteiger partial charge is 0.0314 e. The lowest BCUT2D eigenvalue weighted by molar-refractivity contribution is 0.185. The molecule has 1 fully saturated rings. The lowest BCUT2D eigenvalue weighted by Gasteiger charge is -2.36. The third kappa shape index (κ3) is 3.85. The Labute approximate surface area is 85.6 Å². The third-order valence-corrected chi connectivity index (χ3v) is 3.43. The van der Waals surface area contributed by atoms with Gasteiger partial charge in [-0.2, -0.15) is 11.8 Å². The van der Waals surface area contributed by atoms with Gasteiger partial charge in [-0.05, 0) is 14.1 Å². The molecule has 0 spiro atoms. The summed E-state index contributed by atoms with van der Waals surface area (Å²) in [5, 5.41) is 0. The predicted molar refractivity (Wildman–Crippen MR) is 60.3 cm³/mol. The fraction of sp³-hybridized carbons (Fsp3) is 1.00. The van der Waals surface area contributed by atoms with E-state index >= 15 is 0 Å². The molecule has 1 aliphatic heterocycles. The van der Waals surface area contributed by atoms with Crippen molar-refractivity contribution in [3.8, 4) is 0 Å². The Balaban J connectivity index is 2.36. The van der Waals surface area contributed by atoms with Gasteiger partial charge in [-0.3, -0.25) is 4.90 Å². The van der Waals surface area contributed by atoms with Gasteiger partial charge in [0.2, 0.25) is 0 Å². The maximum atomic E-state index is 5.59. The van der Waals surface area contributed by atoms with Gasteiger partial charge < -0.3 is 10.6 Å². The molecular weight excluding hydrogens is 182 g/mol. The van der Waals surface area contributed by atoms with Crippen LogP contribution in [0.4, 0.5) is 0 Å². The Morgan fingerprint density at radius 2 is 2.31 bits per heavy atom. The lowest BCUT2D eigenvalue weighted by atomic mass is 10.2. The Hall–Kier alpha value is 0.230. The lowest BCUT2D eigenvalue weighted by Crippen LogP contribution is -2.49. The van der Waals surface area contributed by atoms with Gasteiger partial charge in [0.1, 0.15) is 0 Å². The fourth-order valence-corrected chi connectivity index (χ4v) is 2.86. The van der Waals surface area contributed by atoms with E-state index in [2.05, 4.69) is 35.7 Å². The minimum absolute atomic E-state index is 0.706. The quantitative estimate of drug-likeness (QED) is 0.693. The SMILES string of the molecule is CN(C)CC1CSCCN1CCN. The number of hydrogen-bond acceptors (Lipinski definition) is 4. The van der Waals surface area contributed by atoms with E-state index in [-0.39, 0.29) is 0 Å². The van der Waals surface area contributed by atoms with Crippen LogP contribution >= 0.6 is 11.8 Å². The zero-order valence-electron chi connectivity index (χ0n) is 8.70. The molecule has 1 unspecified atom stereocenters. The van der Waals surface area contributed by atoms with Crippen LogP contribution in [0.2, 0.25) is 0 Å². The van der Waals surface area contributed by atoms with Crippen molar-refractivity contribution in [1.82, 2.24) is 9.80 Å². The highest BCUT2D eigenvalue weighted by Gasteiger charge is 2.21. The van der Waals surface area contributed by atoms with Crippen molar-refractivity contribution in [3.05, 3.63) is 0 Å². The van der Waals surface area contributed by atoms with Gasteiger partial charge >= 0.3 is 0 Å². The van der Waals surface area contributed by atoms with Crippen LogP contribution in [0.1, 0.15) is 0 Å². The van der Waals surface area contributed by atoms with Crippen molar-refractivity contribution in [2.75, 3.05) is 51.8 Å². The van der Waals surface area contributed by atoms with Crippen LogP contribution in [-0.4, -0.2) is 67.6 Å². The van der Waals surface area contributed by atoms with Gasteiger partial charge in [0.25, 0.3) is 0 Å². The summed E-state index contributed by atoms with van der Waals surface area (Å²) in [5.41, 5.74) is 5.59. The Morgan fingerprint density at radius 1 is 1.54 bits per heavy atom. The van der Waals surface area contributed by atoms with Crippen LogP contribution in [0.3, 0.4) is 0 Å². The van der Waals surface area contributed by atoms with E-state index < -0.39 is 0 Å². The zero-order valence-corrected chi connectivity index (χ0v) is 9.52. The summed E-state index contributed by atoms with van der Waals surface area (Å²) in [6, 6.07) is 0.706. The third-order valence-electron chi connectivity index (χ3n) is 2.34. The summed E-state index contributed by atoms with van der Waals surface area (Å²) in [4.78, 5) is 4.79. The largest absolute Gasteiger partial charge is 0.329 e. The van der Waals surface area contributed by atoms with E-state index in [9.17, 15) is 0 Å². The first-order valence-electron chi connectivity index (χ1n) is 4.90. The van der Waals surface area contributed by atoms with Crippen LogP contribution in [0.5, 0.6) is 0 Å². The van der Waals surface area contributed by atoms with E-state index in [1.807, 2.05) is 0 Å². The van der Waals surface area contributed by atoms with Crippen molar-refractivity contribution in [2.24, 2.45) is 5.73 Å². The van der Waals surface area contributed by atoms with E-state index in [0.29, 0.717) is 6.04 Å². The average molecular weight is 203 g/mol. The molecule has 0 aromatic carbocycles. The Kier molecular flexibility index (Phi) is 5.09. The van der Waals surface area contributed by atoms with Gasteiger partial charge in [-0.1, -0.05) is 0 Å². The topological polar surface area (TPSA) is 32.5 Å². The van der Waals surface area contributed by atoms with Gasteiger partial charge in [0.05, 0.1) is 0 Å². The van der Waals surface area contributed by atoms with Gasteiger partial charge in [0.15, 0.2) is 0 Å².